The largest absolute Gasteiger partial charge is 0.507 e. The van der Waals surface area contributed by atoms with Crippen LogP contribution in [0.25, 0.3) is 21.5 Å². The molecule has 0 saturated heterocycles. The lowest BCUT2D eigenvalue weighted by Crippen LogP contribution is -2.54. The van der Waals surface area contributed by atoms with Gasteiger partial charge in [-0.25, -0.2) is 0 Å². The van der Waals surface area contributed by atoms with Crippen LogP contribution in [0.15, 0.2) is 83.3 Å². The molecule has 2 N–H and O–H groups in total. The fraction of sp³-hybridized carbons (Fsp3) is 0.256. The molecule has 0 amide bonds. The lowest BCUT2D eigenvalue weighted by Gasteiger charge is -2.42. The third kappa shape index (κ3) is 4.13. The quantitative estimate of drug-likeness (QED) is 0.291. The average molecular weight is 675 g/mol. The number of allylic oxidation sites excluding steroid dienone is 1. The van der Waals surface area contributed by atoms with E-state index in [1.807, 2.05) is 0 Å². The normalized spacial score (nSPS) is 26.0. The molecule has 2 aliphatic heterocycles. The van der Waals surface area contributed by atoms with Crippen molar-refractivity contribution in [2.24, 2.45) is 17.8 Å². The highest BCUT2D eigenvalue weighted by Gasteiger charge is 2.55. The highest BCUT2D eigenvalue weighted by Crippen LogP contribution is 2.48. The van der Waals surface area contributed by atoms with Crippen molar-refractivity contribution in [3.8, 4) is 11.5 Å². The van der Waals surface area contributed by atoms with Gasteiger partial charge in [-0.15, -0.1) is 0 Å². The molecule has 0 aromatic heterocycles. The smallest absolute Gasteiger partial charge is 0.287 e. The summed E-state index contributed by atoms with van der Waals surface area (Å²) in [4.78, 5) is 70.8. The molecule has 50 heavy (non-hydrogen) atoms. The molecule has 4 aliphatic rings. The van der Waals surface area contributed by atoms with Gasteiger partial charge in [-0.05, 0) is 22.9 Å². The van der Waals surface area contributed by atoms with Gasteiger partial charge in [0.05, 0.1) is 35.3 Å². The van der Waals surface area contributed by atoms with E-state index in [-0.39, 0.29) is 56.4 Å². The Balaban J connectivity index is 1.19. The van der Waals surface area contributed by atoms with Gasteiger partial charge in [-0.1, -0.05) is 62.4 Å². The average Bonchev–Trinajstić information content (AvgIpc) is 3.12. The fourth-order valence-electron chi connectivity index (χ4n) is 8.05. The zero-order valence-electron chi connectivity index (χ0n) is 27.3. The maximum absolute atomic E-state index is 14.5. The first-order valence-corrected chi connectivity index (χ1v) is 16.1. The van der Waals surface area contributed by atoms with Crippen molar-refractivity contribution in [2.45, 2.75) is 32.3 Å². The molecule has 0 spiro atoms. The van der Waals surface area contributed by atoms with Gasteiger partial charge in [-0.2, -0.15) is 0 Å². The summed E-state index contributed by atoms with van der Waals surface area (Å²) in [5.41, 5.74) is -0.518. The third-order valence-corrected chi connectivity index (χ3v) is 10.5. The molecule has 0 bridgehead atoms. The standard InChI is InChI=1S/C39H30O11/c1-15-23-27(33(44)25-21(31(23)42)13-17-9-5-7-11-19(17)29(25)40)38(47-3)49-36(15)35(46)37-16(2)24-28(39(48-4)50-37)34(45)26-22(32(24)43)14-18-10-6-8-12-20(18)30(26)41/h5-16,23,36-37,39-41H,1-4H3/t15?,16?,23?,36?,37-,39-/m1/s1. The van der Waals surface area contributed by atoms with Crippen molar-refractivity contribution in [3.63, 3.8) is 0 Å². The van der Waals surface area contributed by atoms with Crippen LogP contribution in [0.4, 0.5) is 0 Å². The van der Waals surface area contributed by atoms with Crippen molar-refractivity contribution >= 4 is 50.5 Å². The zero-order chi connectivity index (χ0) is 35.3. The number of phenols is 2. The van der Waals surface area contributed by atoms with Crippen molar-refractivity contribution in [1.82, 2.24) is 0 Å². The van der Waals surface area contributed by atoms with E-state index in [9.17, 15) is 34.2 Å². The van der Waals surface area contributed by atoms with Crippen LogP contribution in [0, 0.1) is 17.8 Å². The molecule has 8 rings (SSSR count). The van der Waals surface area contributed by atoms with Crippen LogP contribution in [-0.4, -0.2) is 71.8 Å². The monoisotopic (exact) mass is 674 g/mol. The minimum absolute atomic E-state index is 0.00274. The molecule has 11 heteroatoms. The number of rotatable bonds is 4. The number of methoxy groups -OCH3 is 2. The first-order valence-electron chi connectivity index (χ1n) is 16.1. The molecular formula is C39H30O11. The summed E-state index contributed by atoms with van der Waals surface area (Å²) in [6.07, 6.45) is -4.21. The van der Waals surface area contributed by atoms with Gasteiger partial charge in [0.2, 0.25) is 11.6 Å². The second-order valence-electron chi connectivity index (χ2n) is 13.0. The van der Waals surface area contributed by atoms with E-state index in [4.69, 9.17) is 18.9 Å². The van der Waals surface area contributed by atoms with Crippen molar-refractivity contribution < 1.29 is 53.1 Å². The van der Waals surface area contributed by atoms with E-state index in [0.717, 1.165) is 0 Å². The maximum Gasteiger partial charge on any atom is 0.287 e. The highest BCUT2D eigenvalue weighted by atomic mass is 16.7. The molecule has 4 unspecified atom stereocenters. The summed E-state index contributed by atoms with van der Waals surface area (Å²) in [5.74, 6) is -7.10. The van der Waals surface area contributed by atoms with E-state index in [1.165, 1.54) is 14.2 Å². The van der Waals surface area contributed by atoms with E-state index < -0.39 is 65.2 Å². The Morgan fingerprint density at radius 3 is 1.88 bits per heavy atom. The van der Waals surface area contributed by atoms with Gasteiger partial charge in [-0.3, -0.25) is 24.0 Å². The molecule has 4 aromatic carbocycles. The molecule has 4 aromatic rings. The summed E-state index contributed by atoms with van der Waals surface area (Å²) >= 11 is 0. The number of Topliss-reactive ketones (excluding diaryl/α,β-unsaturated/α-hetero) is 5. The summed E-state index contributed by atoms with van der Waals surface area (Å²) in [7, 11) is 2.51. The van der Waals surface area contributed by atoms with Crippen LogP contribution in [0.5, 0.6) is 11.5 Å². The molecule has 0 radical (unpaired) electrons. The van der Waals surface area contributed by atoms with Crippen LogP contribution in [0.3, 0.4) is 0 Å². The number of phenolic OH excluding ortho intramolecular Hbond substituents is 2. The number of fused-ring (bicyclic) bond motifs is 5. The van der Waals surface area contributed by atoms with Gasteiger partial charge in [0.15, 0.2) is 29.7 Å². The number of aromatic hydroxyl groups is 2. The lowest BCUT2D eigenvalue weighted by atomic mass is 9.68. The minimum Gasteiger partial charge on any atom is -0.507 e. The predicted molar refractivity (Wildman–Crippen MR) is 177 cm³/mol. The zero-order valence-corrected chi connectivity index (χ0v) is 27.3. The maximum atomic E-state index is 14.5. The first-order chi connectivity index (χ1) is 24.0. The number of hydrogen-bond donors (Lipinski definition) is 2. The lowest BCUT2D eigenvalue weighted by molar-refractivity contribution is -0.179. The number of ketones is 5. The molecule has 0 saturated carbocycles. The van der Waals surface area contributed by atoms with Crippen molar-refractivity contribution in [1.29, 1.82) is 0 Å². The van der Waals surface area contributed by atoms with Crippen LogP contribution < -0.4 is 0 Å². The summed E-state index contributed by atoms with van der Waals surface area (Å²) < 4.78 is 23.1. The number of carbonyl (C=O) groups is 5. The number of hydrogen-bond acceptors (Lipinski definition) is 11. The van der Waals surface area contributed by atoms with Gasteiger partial charge < -0.3 is 29.2 Å². The molecule has 2 heterocycles. The Morgan fingerprint density at radius 2 is 1.28 bits per heavy atom. The van der Waals surface area contributed by atoms with Crippen LogP contribution in [-0.2, 0) is 23.7 Å². The number of ether oxygens (including phenoxy) is 4. The minimum atomic E-state index is -1.45. The van der Waals surface area contributed by atoms with Crippen LogP contribution >= 0.6 is 0 Å². The Bertz CT molecular complexity index is 2330. The molecule has 252 valence electrons. The van der Waals surface area contributed by atoms with Gasteiger partial charge in [0.1, 0.15) is 17.6 Å². The van der Waals surface area contributed by atoms with E-state index in [0.29, 0.717) is 21.5 Å². The van der Waals surface area contributed by atoms with E-state index in [1.54, 1.807) is 74.5 Å². The van der Waals surface area contributed by atoms with Crippen LogP contribution in [0.2, 0.25) is 0 Å². The molecule has 6 atom stereocenters. The summed E-state index contributed by atoms with van der Waals surface area (Å²) in [6.45, 7) is 3.18. The number of carbonyl (C=O) groups excluding carboxylic acids is 5. The second kappa shape index (κ2) is 11.2. The van der Waals surface area contributed by atoms with Crippen LogP contribution in [0.1, 0.15) is 55.3 Å². The summed E-state index contributed by atoms with van der Waals surface area (Å²) in [5, 5.41) is 24.2. The van der Waals surface area contributed by atoms with Gasteiger partial charge in [0.25, 0.3) is 5.95 Å². The van der Waals surface area contributed by atoms with Gasteiger partial charge in [0, 0.05) is 46.4 Å². The molecule has 2 aliphatic carbocycles. The first kappa shape index (κ1) is 31.6. The summed E-state index contributed by atoms with van der Waals surface area (Å²) in [6, 6.07) is 16.7. The second-order valence-corrected chi connectivity index (χ2v) is 13.0. The highest BCUT2D eigenvalue weighted by molar-refractivity contribution is 6.31. The topological polar surface area (TPSA) is 163 Å². The number of benzene rings is 4. The van der Waals surface area contributed by atoms with Crippen molar-refractivity contribution in [3.05, 3.63) is 106 Å². The Kier molecular flexibility index (Phi) is 7.07. The van der Waals surface area contributed by atoms with Crippen molar-refractivity contribution in [2.75, 3.05) is 14.2 Å². The Hall–Kier alpha value is -5.65. The van der Waals surface area contributed by atoms with E-state index >= 15 is 0 Å². The van der Waals surface area contributed by atoms with E-state index in [2.05, 4.69) is 0 Å². The third-order valence-electron chi connectivity index (χ3n) is 10.5. The predicted octanol–water partition coefficient (Wildman–Crippen LogP) is 5.24. The molecule has 11 nitrogen and oxygen atoms in total. The fourth-order valence-corrected chi connectivity index (χ4v) is 8.05. The van der Waals surface area contributed by atoms with Gasteiger partial charge >= 0.3 is 0 Å². The Morgan fingerprint density at radius 1 is 0.720 bits per heavy atom. The Labute approximate surface area is 284 Å². The molecular weight excluding hydrogens is 644 g/mol. The SMILES string of the molecule is COC1=C2C(=O)c3c(cc4ccccc4c3O)C(=O)C2C(C)C(C(=O)[C@@H]2O[C@@H](OC)C3=C(C(=O)c4cc5ccccc5c(O)c4C3=O)C2C)O1. The molecule has 0 fully saturated rings.